The molecule has 0 aliphatic carbocycles. The first-order valence-corrected chi connectivity index (χ1v) is 6.89. The molecule has 1 aliphatic heterocycles. The Hall–Kier alpha value is -1.27. The van der Waals surface area contributed by atoms with Crippen molar-refractivity contribution in [2.45, 2.75) is 26.4 Å². The van der Waals surface area contributed by atoms with E-state index in [1.807, 2.05) is 26.0 Å². The van der Waals surface area contributed by atoms with Crippen LogP contribution in [-0.4, -0.2) is 18.7 Å². The number of hydrogen-bond acceptors (Lipinski definition) is 4. The summed E-state index contributed by atoms with van der Waals surface area (Å²) >= 11 is 3.48. The SMILES string of the molecule is CC(C)C(NCc1cc2c(cc1Br)OCO2)C(N)=O. The molecule has 3 N–H and O–H groups in total. The molecule has 0 spiro atoms. The number of nitrogens with two attached hydrogens (primary N) is 1. The van der Waals surface area contributed by atoms with Gasteiger partial charge in [-0.05, 0) is 23.6 Å². The van der Waals surface area contributed by atoms with Gasteiger partial charge in [0.1, 0.15) is 0 Å². The number of carbonyl (C=O) groups excluding carboxylic acids is 1. The normalized spacial score (nSPS) is 14.7. The molecule has 1 aromatic carbocycles. The number of halogens is 1. The van der Waals surface area contributed by atoms with E-state index in [-0.39, 0.29) is 24.7 Å². The summed E-state index contributed by atoms with van der Waals surface area (Å²) in [5, 5.41) is 3.17. The minimum atomic E-state index is -0.350. The molecule has 0 aromatic heterocycles. The second kappa shape index (κ2) is 5.79. The minimum absolute atomic E-state index is 0.144. The van der Waals surface area contributed by atoms with Gasteiger partial charge in [-0.2, -0.15) is 0 Å². The zero-order chi connectivity index (χ0) is 14.0. The van der Waals surface area contributed by atoms with E-state index in [0.29, 0.717) is 6.54 Å². The maximum absolute atomic E-state index is 11.3. The van der Waals surface area contributed by atoms with Gasteiger partial charge < -0.3 is 20.5 Å². The molecule has 0 saturated heterocycles. The summed E-state index contributed by atoms with van der Waals surface area (Å²) < 4.78 is 11.5. The summed E-state index contributed by atoms with van der Waals surface area (Å²) in [6.45, 7) is 4.69. The van der Waals surface area contributed by atoms with E-state index in [9.17, 15) is 4.79 Å². The van der Waals surface area contributed by atoms with E-state index >= 15 is 0 Å². The Bertz CT molecular complexity index is 491. The van der Waals surface area contributed by atoms with Crippen LogP contribution in [0.2, 0.25) is 0 Å². The van der Waals surface area contributed by atoms with Crippen LogP contribution >= 0.6 is 15.9 Å². The molecule has 5 nitrogen and oxygen atoms in total. The van der Waals surface area contributed by atoms with Crippen molar-refractivity contribution in [2.75, 3.05) is 6.79 Å². The van der Waals surface area contributed by atoms with Crippen LogP contribution in [0.3, 0.4) is 0 Å². The summed E-state index contributed by atoms with van der Waals surface area (Å²) in [5.41, 5.74) is 6.37. The first-order valence-electron chi connectivity index (χ1n) is 6.09. The predicted molar refractivity (Wildman–Crippen MR) is 74.9 cm³/mol. The van der Waals surface area contributed by atoms with E-state index in [0.717, 1.165) is 21.5 Å². The van der Waals surface area contributed by atoms with Crippen LogP contribution in [0, 0.1) is 5.92 Å². The molecule has 1 amide bonds. The highest BCUT2D eigenvalue weighted by Gasteiger charge is 2.20. The van der Waals surface area contributed by atoms with Crippen LogP contribution in [0.25, 0.3) is 0 Å². The van der Waals surface area contributed by atoms with Gasteiger partial charge in [0.2, 0.25) is 12.7 Å². The highest BCUT2D eigenvalue weighted by Crippen LogP contribution is 2.36. The topological polar surface area (TPSA) is 73.6 Å². The lowest BCUT2D eigenvalue weighted by Crippen LogP contribution is -2.44. The molecule has 0 bridgehead atoms. The van der Waals surface area contributed by atoms with Gasteiger partial charge >= 0.3 is 0 Å². The van der Waals surface area contributed by atoms with Gasteiger partial charge in [-0.1, -0.05) is 29.8 Å². The molecule has 1 aliphatic rings. The van der Waals surface area contributed by atoms with Crippen LogP contribution in [-0.2, 0) is 11.3 Å². The summed E-state index contributed by atoms with van der Waals surface area (Å²) in [7, 11) is 0. The van der Waals surface area contributed by atoms with Crippen LogP contribution < -0.4 is 20.5 Å². The summed E-state index contributed by atoms with van der Waals surface area (Å²) in [5.74, 6) is 1.25. The standard InChI is InChI=1S/C13H17BrN2O3/c1-7(2)12(13(15)17)16-5-8-3-10-11(4-9(8)14)19-6-18-10/h3-4,7,12,16H,5-6H2,1-2H3,(H2,15,17). The van der Waals surface area contributed by atoms with E-state index in [4.69, 9.17) is 15.2 Å². The van der Waals surface area contributed by atoms with Crippen molar-refractivity contribution in [3.63, 3.8) is 0 Å². The van der Waals surface area contributed by atoms with Crippen molar-refractivity contribution in [2.24, 2.45) is 11.7 Å². The average Bonchev–Trinajstić information content (AvgIpc) is 2.75. The number of rotatable bonds is 5. The third-order valence-corrected chi connectivity index (χ3v) is 3.77. The van der Waals surface area contributed by atoms with Gasteiger partial charge in [0, 0.05) is 11.0 Å². The Morgan fingerprint density at radius 2 is 2.05 bits per heavy atom. The minimum Gasteiger partial charge on any atom is -0.454 e. The van der Waals surface area contributed by atoms with Gasteiger partial charge in [-0.25, -0.2) is 0 Å². The number of primary amides is 1. The molecule has 0 fully saturated rings. The molecule has 1 atom stereocenters. The van der Waals surface area contributed by atoms with Gasteiger partial charge in [0.25, 0.3) is 0 Å². The molecular formula is C13H17BrN2O3. The number of amides is 1. The van der Waals surface area contributed by atoms with E-state index in [2.05, 4.69) is 21.2 Å². The van der Waals surface area contributed by atoms with Gasteiger partial charge in [0.05, 0.1) is 6.04 Å². The molecule has 0 radical (unpaired) electrons. The molecule has 1 heterocycles. The molecule has 19 heavy (non-hydrogen) atoms. The first-order chi connectivity index (χ1) is 8.99. The van der Waals surface area contributed by atoms with Crippen LogP contribution in [0.5, 0.6) is 11.5 Å². The van der Waals surface area contributed by atoms with Crippen molar-refractivity contribution >= 4 is 21.8 Å². The number of fused-ring (bicyclic) bond motifs is 1. The summed E-state index contributed by atoms with van der Waals surface area (Å²) in [6.07, 6.45) is 0. The number of ether oxygens (including phenoxy) is 2. The number of carbonyl (C=O) groups is 1. The maximum atomic E-state index is 11.3. The molecule has 104 valence electrons. The Balaban J connectivity index is 2.09. The monoisotopic (exact) mass is 328 g/mol. The fourth-order valence-electron chi connectivity index (χ4n) is 1.98. The quantitative estimate of drug-likeness (QED) is 0.864. The van der Waals surface area contributed by atoms with Crippen molar-refractivity contribution in [3.05, 3.63) is 22.2 Å². The fraction of sp³-hybridized carbons (Fsp3) is 0.462. The zero-order valence-electron chi connectivity index (χ0n) is 10.9. The Morgan fingerprint density at radius 3 is 2.63 bits per heavy atom. The Kier molecular flexibility index (Phi) is 4.31. The number of hydrogen-bond donors (Lipinski definition) is 2. The third-order valence-electron chi connectivity index (χ3n) is 3.03. The lowest BCUT2D eigenvalue weighted by molar-refractivity contribution is -0.121. The van der Waals surface area contributed by atoms with Gasteiger partial charge in [-0.15, -0.1) is 0 Å². The van der Waals surface area contributed by atoms with E-state index < -0.39 is 0 Å². The van der Waals surface area contributed by atoms with Gasteiger partial charge in [-0.3, -0.25) is 4.79 Å². The van der Waals surface area contributed by atoms with Crippen molar-refractivity contribution < 1.29 is 14.3 Å². The van der Waals surface area contributed by atoms with Crippen LogP contribution in [0.4, 0.5) is 0 Å². The fourth-order valence-corrected chi connectivity index (χ4v) is 2.44. The predicted octanol–water partition coefficient (Wildman–Crippen LogP) is 1.78. The van der Waals surface area contributed by atoms with E-state index in [1.165, 1.54) is 0 Å². The molecule has 2 rings (SSSR count). The molecule has 6 heteroatoms. The summed E-state index contributed by atoms with van der Waals surface area (Å²) in [6, 6.07) is 3.42. The van der Waals surface area contributed by atoms with Crippen LogP contribution in [0.15, 0.2) is 16.6 Å². The molecule has 0 saturated carbocycles. The highest BCUT2D eigenvalue weighted by molar-refractivity contribution is 9.10. The third kappa shape index (κ3) is 3.19. The summed E-state index contributed by atoms with van der Waals surface area (Å²) in [4.78, 5) is 11.3. The Labute approximate surface area is 120 Å². The van der Waals surface area contributed by atoms with Gasteiger partial charge in [0.15, 0.2) is 11.5 Å². The lowest BCUT2D eigenvalue weighted by Gasteiger charge is -2.19. The Morgan fingerprint density at radius 1 is 1.42 bits per heavy atom. The van der Waals surface area contributed by atoms with Crippen LogP contribution in [0.1, 0.15) is 19.4 Å². The van der Waals surface area contributed by atoms with Crippen molar-refractivity contribution in [1.82, 2.24) is 5.32 Å². The lowest BCUT2D eigenvalue weighted by atomic mass is 10.0. The molecule has 1 aromatic rings. The smallest absolute Gasteiger partial charge is 0.234 e. The second-order valence-corrected chi connectivity index (χ2v) is 5.66. The van der Waals surface area contributed by atoms with Crippen molar-refractivity contribution in [1.29, 1.82) is 0 Å². The molecular weight excluding hydrogens is 312 g/mol. The van der Waals surface area contributed by atoms with E-state index in [1.54, 1.807) is 0 Å². The molecule has 1 unspecified atom stereocenters. The number of benzene rings is 1. The first kappa shape index (κ1) is 14.1. The second-order valence-electron chi connectivity index (χ2n) is 4.80. The zero-order valence-corrected chi connectivity index (χ0v) is 12.5. The van der Waals surface area contributed by atoms with Crippen molar-refractivity contribution in [3.8, 4) is 11.5 Å². The number of nitrogens with one attached hydrogen (secondary N) is 1. The maximum Gasteiger partial charge on any atom is 0.234 e. The highest BCUT2D eigenvalue weighted by atomic mass is 79.9. The largest absolute Gasteiger partial charge is 0.454 e. The average molecular weight is 329 g/mol.